The first-order valence-corrected chi connectivity index (χ1v) is 8.25. The van der Waals surface area contributed by atoms with Crippen LogP contribution in [0.2, 0.25) is 0 Å². The average Bonchev–Trinajstić information content (AvgIpc) is 2.77. The van der Waals surface area contributed by atoms with E-state index in [1.165, 1.54) is 63.5 Å². The molecule has 0 radical (unpaired) electrons. The Bertz CT molecular complexity index is 179. The Hall–Kier alpha value is 0.700. The minimum atomic E-state index is 0.616. The molecule has 0 saturated heterocycles. The SMILES string of the molecule is SCC1(CSC2CCCCC2)CCCC1. The lowest BCUT2D eigenvalue weighted by atomic mass is 9.91. The molecule has 88 valence electrons. The standard InChI is InChI=1S/C13H24S2/c14-10-13(8-4-5-9-13)11-15-12-6-2-1-3-7-12/h12,14H,1-11H2. The molecule has 2 aliphatic rings. The molecule has 0 aromatic rings. The molecule has 0 aliphatic heterocycles. The van der Waals surface area contributed by atoms with Gasteiger partial charge < -0.3 is 0 Å². The van der Waals surface area contributed by atoms with Crippen molar-refractivity contribution in [3.63, 3.8) is 0 Å². The van der Waals surface area contributed by atoms with Crippen LogP contribution in [0.5, 0.6) is 0 Å². The van der Waals surface area contributed by atoms with E-state index in [-0.39, 0.29) is 0 Å². The van der Waals surface area contributed by atoms with E-state index in [9.17, 15) is 0 Å². The molecule has 0 atom stereocenters. The Morgan fingerprint density at radius 1 is 1.00 bits per heavy atom. The van der Waals surface area contributed by atoms with Gasteiger partial charge >= 0.3 is 0 Å². The Morgan fingerprint density at radius 3 is 2.27 bits per heavy atom. The van der Waals surface area contributed by atoms with Gasteiger partial charge in [-0.05, 0) is 42.6 Å². The number of hydrogen-bond acceptors (Lipinski definition) is 2. The average molecular weight is 244 g/mol. The van der Waals surface area contributed by atoms with Crippen LogP contribution < -0.4 is 0 Å². The van der Waals surface area contributed by atoms with Gasteiger partial charge in [0.2, 0.25) is 0 Å². The molecule has 0 unspecified atom stereocenters. The smallest absolute Gasteiger partial charge is 0.00472 e. The van der Waals surface area contributed by atoms with Gasteiger partial charge in [0.05, 0.1) is 0 Å². The second kappa shape index (κ2) is 5.86. The number of thioether (sulfide) groups is 1. The van der Waals surface area contributed by atoms with Crippen LogP contribution >= 0.6 is 24.4 Å². The van der Waals surface area contributed by atoms with Crippen LogP contribution in [0.1, 0.15) is 57.8 Å². The van der Waals surface area contributed by atoms with Gasteiger partial charge in [-0.25, -0.2) is 0 Å². The molecular weight excluding hydrogens is 220 g/mol. The summed E-state index contributed by atoms with van der Waals surface area (Å²) in [5.74, 6) is 2.51. The topological polar surface area (TPSA) is 0 Å². The van der Waals surface area contributed by atoms with E-state index >= 15 is 0 Å². The highest BCUT2D eigenvalue weighted by Gasteiger charge is 2.33. The quantitative estimate of drug-likeness (QED) is 0.708. The first kappa shape index (κ1) is 12.2. The number of rotatable bonds is 4. The molecule has 0 N–H and O–H groups in total. The van der Waals surface area contributed by atoms with E-state index in [0.717, 1.165) is 11.0 Å². The molecule has 2 saturated carbocycles. The summed E-state index contributed by atoms with van der Waals surface area (Å²) >= 11 is 6.86. The summed E-state index contributed by atoms with van der Waals surface area (Å²) in [6.45, 7) is 0. The lowest BCUT2D eigenvalue weighted by Crippen LogP contribution is -2.24. The zero-order chi connectivity index (χ0) is 10.6. The molecule has 0 aromatic heterocycles. The zero-order valence-corrected chi connectivity index (χ0v) is 11.4. The summed E-state index contributed by atoms with van der Waals surface area (Å²) in [6.07, 6.45) is 13.2. The minimum absolute atomic E-state index is 0.616. The van der Waals surface area contributed by atoms with Crippen LogP contribution in [-0.2, 0) is 0 Å². The highest BCUT2D eigenvalue weighted by Crippen LogP contribution is 2.43. The van der Waals surface area contributed by atoms with Crippen molar-refractivity contribution in [1.82, 2.24) is 0 Å². The van der Waals surface area contributed by atoms with Crippen molar-refractivity contribution in [2.24, 2.45) is 5.41 Å². The van der Waals surface area contributed by atoms with Crippen molar-refractivity contribution >= 4 is 24.4 Å². The molecule has 0 spiro atoms. The maximum atomic E-state index is 4.59. The molecule has 2 aliphatic carbocycles. The van der Waals surface area contributed by atoms with Crippen molar-refractivity contribution < 1.29 is 0 Å². The van der Waals surface area contributed by atoms with Gasteiger partial charge in [0.25, 0.3) is 0 Å². The monoisotopic (exact) mass is 244 g/mol. The van der Waals surface area contributed by atoms with Crippen molar-refractivity contribution in [2.45, 2.75) is 63.0 Å². The van der Waals surface area contributed by atoms with Crippen molar-refractivity contribution in [3.05, 3.63) is 0 Å². The van der Waals surface area contributed by atoms with Crippen molar-refractivity contribution in [3.8, 4) is 0 Å². The lowest BCUT2D eigenvalue weighted by Gasteiger charge is -2.30. The summed E-state index contributed by atoms with van der Waals surface area (Å²) in [6, 6.07) is 0. The molecule has 0 nitrogen and oxygen atoms in total. The second-order valence-electron chi connectivity index (χ2n) is 5.44. The van der Waals surface area contributed by atoms with Gasteiger partial charge in [0.1, 0.15) is 0 Å². The predicted molar refractivity (Wildman–Crippen MR) is 74.1 cm³/mol. The van der Waals surface area contributed by atoms with Gasteiger partial charge in [-0.2, -0.15) is 24.4 Å². The van der Waals surface area contributed by atoms with Gasteiger partial charge in [-0.1, -0.05) is 32.1 Å². The van der Waals surface area contributed by atoms with Gasteiger partial charge in [-0.15, -0.1) is 0 Å². The Labute approximate surface area is 104 Å². The summed E-state index contributed by atoms with van der Waals surface area (Å²) in [7, 11) is 0. The second-order valence-corrected chi connectivity index (χ2v) is 7.04. The van der Waals surface area contributed by atoms with Crippen molar-refractivity contribution in [2.75, 3.05) is 11.5 Å². The van der Waals surface area contributed by atoms with E-state index in [2.05, 4.69) is 24.4 Å². The molecule has 0 amide bonds. The molecule has 2 rings (SSSR count). The van der Waals surface area contributed by atoms with Gasteiger partial charge in [0, 0.05) is 5.25 Å². The van der Waals surface area contributed by atoms with E-state index in [1.54, 1.807) is 0 Å². The molecule has 0 heterocycles. The molecule has 0 aromatic carbocycles. The van der Waals surface area contributed by atoms with Gasteiger partial charge in [0.15, 0.2) is 0 Å². The fourth-order valence-electron chi connectivity index (χ4n) is 3.00. The largest absolute Gasteiger partial charge is 0.179 e. The normalized spacial score (nSPS) is 27.0. The fraction of sp³-hybridized carbons (Fsp3) is 1.00. The number of thiol groups is 1. The highest BCUT2D eigenvalue weighted by atomic mass is 32.2. The summed E-state index contributed by atoms with van der Waals surface area (Å²) in [5.41, 5.74) is 0.616. The van der Waals surface area contributed by atoms with Crippen LogP contribution in [0.25, 0.3) is 0 Å². The molecule has 2 heteroatoms. The van der Waals surface area contributed by atoms with E-state index in [4.69, 9.17) is 0 Å². The predicted octanol–water partition coefficient (Wildman–Crippen LogP) is 4.54. The van der Waals surface area contributed by atoms with Crippen molar-refractivity contribution in [1.29, 1.82) is 0 Å². The molecule has 15 heavy (non-hydrogen) atoms. The third-order valence-corrected chi connectivity index (χ3v) is 6.57. The first-order valence-electron chi connectivity index (χ1n) is 6.57. The van der Waals surface area contributed by atoms with Crippen LogP contribution in [0.4, 0.5) is 0 Å². The van der Waals surface area contributed by atoms with Crippen LogP contribution in [0.3, 0.4) is 0 Å². The molecular formula is C13H24S2. The molecule has 0 bridgehead atoms. The highest BCUT2D eigenvalue weighted by molar-refractivity contribution is 7.99. The summed E-state index contributed by atoms with van der Waals surface area (Å²) in [4.78, 5) is 0. The van der Waals surface area contributed by atoms with E-state index < -0.39 is 0 Å². The van der Waals surface area contributed by atoms with E-state index in [0.29, 0.717) is 5.41 Å². The zero-order valence-electron chi connectivity index (χ0n) is 9.71. The summed E-state index contributed by atoms with van der Waals surface area (Å²) < 4.78 is 0. The minimum Gasteiger partial charge on any atom is -0.179 e. The van der Waals surface area contributed by atoms with Gasteiger partial charge in [-0.3, -0.25) is 0 Å². The molecule has 2 fully saturated rings. The van der Waals surface area contributed by atoms with E-state index in [1.807, 2.05) is 0 Å². The van der Waals surface area contributed by atoms with Crippen LogP contribution in [0, 0.1) is 5.41 Å². The van der Waals surface area contributed by atoms with Crippen LogP contribution in [-0.4, -0.2) is 16.8 Å². The lowest BCUT2D eigenvalue weighted by molar-refractivity contribution is 0.401. The fourth-order valence-corrected chi connectivity index (χ4v) is 5.23. The van der Waals surface area contributed by atoms with Crippen LogP contribution in [0.15, 0.2) is 0 Å². The Balaban J connectivity index is 1.75. The third-order valence-electron chi connectivity index (χ3n) is 4.18. The maximum Gasteiger partial charge on any atom is 0.00472 e. The first-order chi connectivity index (χ1) is 7.35. The Morgan fingerprint density at radius 2 is 1.67 bits per heavy atom. The Kier molecular flexibility index (Phi) is 4.75. The number of hydrogen-bond donors (Lipinski definition) is 1. The third kappa shape index (κ3) is 3.33. The summed E-state index contributed by atoms with van der Waals surface area (Å²) in [5, 5.41) is 0.983. The maximum absolute atomic E-state index is 4.59.